The van der Waals surface area contributed by atoms with Crippen molar-refractivity contribution in [1.82, 2.24) is 0 Å². The van der Waals surface area contributed by atoms with Crippen molar-refractivity contribution in [2.75, 3.05) is 0 Å². The molecule has 1 heterocycles. The van der Waals surface area contributed by atoms with Crippen molar-refractivity contribution < 1.29 is 0 Å². The zero-order chi connectivity index (χ0) is 32.1. The van der Waals surface area contributed by atoms with Crippen LogP contribution in [0.25, 0.3) is 107 Å². The highest BCUT2D eigenvalue weighted by molar-refractivity contribution is 7.27. The molecule has 0 unspecified atom stereocenters. The Labute approximate surface area is 287 Å². The maximum absolute atomic E-state index is 2.44. The molecule has 226 valence electrons. The van der Waals surface area contributed by atoms with Crippen molar-refractivity contribution in [3.8, 4) is 22.3 Å². The van der Waals surface area contributed by atoms with Crippen LogP contribution in [-0.2, 0) is 0 Å². The number of fused-ring (bicyclic) bond motifs is 13. The van der Waals surface area contributed by atoms with Crippen LogP contribution in [0.3, 0.4) is 0 Å². The maximum atomic E-state index is 2.44. The molecule has 0 bridgehead atoms. The van der Waals surface area contributed by atoms with Gasteiger partial charge in [0, 0.05) is 25.6 Å². The third-order valence-corrected chi connectivity index (χ3v) is 11.8. The first-order chi connectivity index (χ1) is 24.3. The number of thiophene rings is 1. The molecule has 49 heavy (non-hydrogen) atoms. The molecule has 0 aliphatic rings. The molecular weight excluding hydrogens is 609 g/mol. The van der Waals surface area contributed by atoms with Gasteiger partial charge in [0.15, 0.2) is 0 Å². The van der Waals surface area contributed by atoms with E-state index in [1.807, 2.05) is 11.3 Å². The highest BCUT2D eigenvalue weighted by Gasteiger charge is 2.19. The fraction of sp³-hybridized carbons (Fsp3) is 0. The SMILES string of the molecule is c1ccc2c(c1)ccc1cc(-c3c4ccccc4c(-c4ccc5c(c4)sc4c6ccccc6c6ccccc6c54)c4ccccc34)ccc12. The van der Waals surface area contributed by atoms with Gasteiger partial charge in [-0.3, -0.25) is 0 Å². The van der Waals surface area contributed by atoms with Crippen molar-refractivity contribution >= 4 is 96.1 Å². The second-order valence-electron chi connectivity index (χ2n) is 13.2. The van der Waals surface area contributed by atoms with Crippen LogP contribution in [-0.4, -0.2) is 0 Å². The molecule has 0 aliphatic carbocycles. The molecule has 0 saturated carbocycles. The summed E-state index contributed by atoms with van der Waals surface area (Å²) in [6.45, 7) is 0. The Morgan fingerprint density at radius 2 is 0.735 bits per heavy atom. The van der Waals surface area contributed by atoms with E-state index in [9.17, 15) is 0 Å². The highest BCUT2D eigenvalue weighted by atomic mass is 32.1. The summed E-state index contributed by atoms with van der Waals surface area (Å²) < 4.78 is 2.70. The second-order valence-corrected chi connectivity index (χ2v) is 14.2. The van der Waals surface area contributed by atoms with Gasteiger partial charge in [0.2, 0.25) is 0 Å². The van der Waals surface area contributed by atoms with Crippen LogP contribution in [0.15, 0.2) is 170 Å². The molecule has 0 nitrogen and oxygen atoms in total. The molecule has 1 aromatic heterocycles. The van der Waals surface area contributed by atoms with Crippen molar-refractivity contribution in [2.24, 2.45) is 0 Å². The van der Waals surface area contributed by atoms with Crippen LogP contribution in [0, 0.1) is 0 Å². The van der Waals surface area contributed by atoms with E-state index in [0.29, 0.717) is 0 Å². The Balaban J connectivity index is 1.19. The zero-order valence-corrected chi connectivity index (χ0v) is 27.4. The average Bonchev–Trinajstić information content (AvgIpc) is 3.56. The highest BCUT2D eigenvalue weighted by Crippen LogP contribution is 2.48. The molecule has 0 atom stereocenters. The standard InChI is InChI=1S/C48H28S/c1-2-12-33-29(11-1)21-22-30-27-31(23-25-34(30)33)45-38-16-6-8-18-40(38)46(41-19-9-7-17-39(41)45)32-24-26-43-44(28-32)49-48-42-20-10-4-14-36(42)35-13-3-5-15-37(35)47(43)48/h1-28H. The third kappa shape index (κ3) is 3.85. The minimum atomic E-state index is 1.25. The lowest BCUT2D eigenvalue weighted by molar-refractivity contribution is 1.69. The van der Waals surface area contributed by atoms with Gasteiger partial charge >= 0.3 is 0 Å². The molecule has 11 aromatic rings. The summed E-state index contributed by atoms with van der Waals surface area (Å²) in [6, 6.07) is 63.1. The molecule has 0 saturated heterocycles. The molecule has 11 rings (SSSR count). The van der Waals surface area contributed by atoms with Gasteiger partial charge in [-0.25, -0.2) is 0 Å². The third-order valence-electron chi connectivity index (χ3n) is 10.6. The van der Waals surface area contributed by atoms with E-state index >= 15 is 0 Å². The summed E-state index contributed by atoms with van der Waals surface area (Å²) in [5.41, 5.74) is 5.11. The zero-order valence-electron chi connectivity index (χ0n) is 26.6. The molecule has 0 amide bonds. The first kappa shape index (κ1) is 27.0. The van der Waals surface area contributed by atoms with Crippen molar-refractivity contribution in [1.29, 1.82) is 0 Å². The van der Waals surface area contributed by atoms with Gasteiger partial charge in [0.05, 0.1) is 0 Å². The molecule has 1 heteroatoms. The van der Waals surface area contributed by atoms with Crippen LogP contribution in [0.5, 0.6) is 0 Å². The van der Waals surface area contributed by atoms with Crippen molar-refractivity contribution in [2.45, 2.75) is 0 Å². The van der Waals surface area contributed by atoms with E-state index in [1.165, 1.54) is 107 Å². The van der Waals surface area contributed by atoms with Crippen molar-refractivity contribution in [3.63, 3.8) is 0 Å². The first-order valence-electron chi connectivity index (χ1n) is 16.9. The van der Waals surface area contributed by atoms with E-state index in [-0.39, 0.29) is 0 Å². The summed E-state index contributed by atoms with van der Waals surface area (Å²) >= 11 is 1.93. The number of benzene rings is 10. The minimum absolute atomic E-state index is 1.25. The first-order valence-corrected chi connectivity index (χ1v) is 17.7. The molecule has 0 spiro atoms. The largest absolute Gasteiger partial charge is 0.134 e. The number of hydrogen-bond donors (Lipinski definition) is 0. The van der Waals surface area contributed by atoms with Crippen molar-refractivity contribution in [3.05, 3.63) is 170 Å². The van der Waals surface area contributed by atoms with Crippen LogP contribution >= 0.6 is 11.3 Å². The Kier molecular flexibility index (Phi) is 5.64. The fourth-order valence-electron chi connectivity index (χ4n) is 8.48. The molecular formula is C48H28S. The van der Waals surface area contributed by atoms with Crippen LogP contribution < -0.4 is 0 Å². The van der Waals surface area contributed by atoms with Gasteiger partial charge in [-0.05, 0) is 93.6 Å². The number of hydrogen-bond acceptors (Lipinski definition) is 1. The van der Waals surface area contributed by atoms with Gasteiger partial charge in [0.25, 0.3) is 0 Å². The van der Waals surface area contributed by atoms with Crippen LogP contribution in [0.2, 0.25) is 0 Å². The molecule has 0 N–H and O–H groups in total. The summed E-state index contributed by atoms with van der Waals surface area (Å²) in [6.07, 6.45) is 0. The van der Waals surface area contributed by atoms with E-state index in [2.05, 4.69) is 170 Å². The molecule has 10 aromatic carbocycles. The van der Waals surface area contributed by atoms with E-state index in [0.717, 1.165) is 0 Å². The van der Waals surface area contributed by atoms with Gasteiger partial charge in [0.1, 0.15) is 0 Å². The fourth-order valence-corrected chi connectivity index (χ4v) is 9.78. The quantitative estimate of drug-likeness (QED) is 0.131. The summed E-state index contributed by atoms with van der Waals surface area (Å²) in [5, 5.41) is 18.3. The van der Waals surface area contributed by atoms with Crippen LogP contribution in [0.1, 0.15) is 0 Å². The smallest absolute Gasteiger partial charge is 0.0440 e. The number of rotatable bonds is 2. The summed E-state index contributed by atoms with van der Waals surface area (Å²) in [4.78, 5) is 0. The minimum Gasteiger partial charge on any atom is -0.134 e. The lowest BCUT2D eigenvalue weighted by Gasteiger charge is -2.18. The van der Waals surface area contributed by atoms with Crippen LogP contribution in [0.4, 0.5) is 0 Å². The molecule has 0 radical (unpaired) electrons. The normalized spacial score (nSPS) is 12.1. The molecule has 0 aliphatic heterocycles. The summed E-state index contributed by atoms with van der Waals surface area (Å²) in [7, 11) is 0. The average molecular weight is 637 g/mol. The Morgan fingerprint density at radius 1 is 0.286 bits per heavy atom. The Morgan fingerprint density at radius 3 is 1.39 bits per heavy atom. The predicted octanol–water partition coefficient (Wildman–Crippen LogP) is 14.3. The topological polar surface area (TPSA) is 0 Å². The Bertz CT molecular complexity index is 3100. The lowest BCUT2D eigenvalue weighted by Crippen LogP contribution is -1.91. The summed E-state index contributed by atoms with van der Waals surface area (Å²) in [5.74, 6) is 0. The predicted molar refractivity (Wildman–Crippen MR) is 215 cm³/mol. The van der Waals surface area contributed by atoms with Gasteiger partial charge in [-0.15, -0.1) is 11.3 Å². The second kappa shape index (κ2) is 10.2. The monoisotopic (exact) mass is 636 g/mol. The van der Waals surface area contributed by atoms with E-state index < -0.39 is 0 Å². The Hall–Kier alpha value is -6.02. The molecule has 0 fully saturated rings. The maximum Gasteiger partial charge on any atom is 0.0440 e. The lowest BCUT2D eigenvalue weighted by atomic mass is 9.85. The van der Waals surface area contributed by atoms with Gasteiger partial charge in [-0.2, -0.15) is 0 Å². The van der Waals surface area contributed by atoms with Gasteiger partial charge in [-0.1, -0.05) is 158 Å². The van der Waals surface area contributed by atoms with E-state index in [4.69, 9.17) is 0 Å². The van der Waals surface area contributed by atoms with E-state index in [1.54, 1.807) is 0 Å². The van der Waals surface area contributed by atoms with Gasteiger partial charge < -0.3 is 0 Å².